The first kappa shape index (κ1) is 22.4. The summed E-state index contributed by atoms with van der Waals surface area (Å²) in [6.07, 6.45) is -6.82. The van der Waals surface area contributed by atoms with Gasteiger partial charge in [0, 0.05) is 35.7 Å². The van der Waals surface area contributed by atoms with Crippen molar-refractivity contribution in [2.75, 3.05) is 0 Å². The van der Waals surface area contributed by atoms with Crippen LogP contribution in [0.1, 0.15) is 11.8 Å². The van der Waals surface area contributed by atoms with Crippen LogP contribution in [0.3, 0.4) is 0 Å². The van der Waals surface area contributed by atoms with Crippen LogP contribution in [0.25, 0.3) is 22.8 Å². The number of alkyl halides is 6. The number of hydrogen-bond donors (Lipinski definition) is 2. The molecule has 0 fully saturated rings. The van der Waals surface area contributed by atoms with E-state index in [2.05, 4.69) is 39.3 Å². The summed E-state index contributed by atoms with van der Waals surface area (Å²) in [4.78, 5) is 32.7. The molecule has 0 radical (unpaired) electrons. The van der Waals surface area contributed by atoms with E-state index in [-0.39, 0.29) is 22.8 Å². The van der Waals surface area contributed by atoms with E-state index in [0.717, 1.165) is 12.1 Å². The van der Waals surface area contributed by atoms with Crippen molar-refractivity contribution < 1.29 is 35.4 Å². The Hall–Kier alpha value is -4.24. The second-order valence-corrected chi connectivity index (χ2v) is 5.72. The molecule has 10 nitrogen and oxygen atoms in total. The highest BCUT2D eigenvalue weighted by molar-refractivity contribution is 5.53. The van der Waals surface area contributed by atoms with Crippen molar-refractivity contribution in [3.8, 4) is 22.8 Å². The standard InChI is InChI=1S/2C8H4F3N3O2/c2*9-8(10,11)7-13-6(14-16-7)4-1-2-12-5(15)3-4/h2*1-3H,(H,12,15). The molecule has 0 aliphatic heterocycles. The molecule has 4 heterocycles. The summed E-state index contributed by atoms with van der Waals surface area (Å²) in [7, 11) is 0. The third kappa shape index (κ3) is 5.46. The van der Waals surface area contributed by atoms with E-state index in [0.29, 0.717) is 0 Å². The van der Waals surface area contributed by atoms with Gasteiger partial charge in [0.15, 0.2) is 0 Å². The van der Waals surface area contributed by atoms with Crippen LogP contribution in [-0.2, 0) is 12.4 Å². The van der Waals surface area contributed by atoms with Gasteiger partial charge in [-0.1, -0.05) is 10.3 Å². The largest absolute Gasteiger partial charge is 0.471 e. The highest BCUT2D eigenvalue weighted by Crippen LogP contribution is 2.29. The Kier molecular flexibility index (Phi) is 5.95. The molecule has 4 aromatic rings. The van der Waals surface area contributed by atoms with Crippen molar-refractivity contribution in [2.45, 2.75) is 12.4 Å². The minimum Gasteiger partial charge on any atom is -0.329 e. The van der Waals surface area contributed by atoms with Crippen molar-refractivity contribution in [1.82, 2.24) is 30.2 Å². The minimum atomic E-state index is -4.69. The number of halogens is 6. The molecule has 0 saturated carbocycles. The minimum absolute atomic E-state index is 0.156. The zero-order valence-corrected chi connectivity index (χ0v) is 15.2. The summed E-state index contributed by atoms with van der Waals surface area (Å²) < 4.78 is 80.8. The molecule has 4 rings (SSSR count). The SMILES string of the molecule is O=c1cc(-c2noc(C(F)(F)F)n2)cc[nH]1.O=c1cc(-c2noc(C(F)(F)F)n2)cc[nH]1. The topological polar surface area (TPSA) is 144 Å². The van der Waals surface area contributed by atoms with Crippen LogP contribution in [0.5, 0.6) is 0 Å². The van der Waals surface area contributed by atoms with Crippen LogP contribution in [0, 0.1) is 0 Å². The quantitative estimate of drug-likeness (QED) is 0.433. The van der Waals surface area contributed by atoms with E-state index < -0.39 is 35.3 Å². The molecule has 2 N–H and O–H groups in total. The highest BCUT2D eigenvalue weighted by Gasteiger charge is 2.39. The number of rotatable bonds is 2. The normalized spacial score (nSPS) is 11.7. The average molecular weight is 462 g/mol. The van der Waals surface area contributed by atoms with Gasteiger partial charge in [0.2, 0.25) is 22.8 Å². The van der Waals surface area contributed by atoms with Gasteiger partial charge < -0.3 is 19.0 Å². The summed E-state index contributed by atoms with van der Waals surface area (Å²) in [5, 5.41) is 6.27. The summed E-state index contributed by atoms with van der Waals surface area (Å²) in [5.41, 5.74) is -0.613. The Morgan fingerprint density at radius 1 is 0.688 bits per heavy atom. The van der Waals surface area contributed by atoms with Crippen molar-refractivity contribution >= 4 is 0 Å². The highest BCUT2D eigenvalue weighted by atomic mass is 19.4. The van der Waals surface area contributed by atoms with E-state index in [1.54, 1.807) is 0 Å². The Morgan fingerprint density at radius 3 is 1.34 bits per heavy atom. The fraction of sp³-hybridized carbons (Fsp3) is 0.125. The van der Waals surface area contributed by atoms with Gasteiger partial charge in [-0.25, -0.2) is 0 Å². The maximum absolute atomic E-state index is 12.1. The predicted molar refractivity (Wildman–Crippen MR) is 90.7 cm³/mol. The van der Waals surface area contributed by atoms with Crippen molar-refractivity contribution in [3.05, 3.63) is 69.1 Å². The summed E-state index contributed by atoms with van der Waals surface area (Å²) in [6, 6.07) is 4.88. The number of pyridine rings is 2. The average Bonchev–Trinajstić information content (AvgIpc) is 3.38. The van der Waals surface area contributed by atoms with Gasteiger partial charge in [0.05, 0.1) is 0 Å². The molecule has 0 aliphatic carbocycles. The second-order valence-electron chi connectivity index (χ2n) is 5.72. The van der Waals surface area contributed by atoms with Gasteiger partial charge in [0.25, 0.3) is 0 Å². The molecule has 0 amide bonds. The number of nitrogens with one attached hydrogen (secondary N) is 2. The van der Waals surface area contributed by atoms with E-state index in [9.17, 15) is 35.9 Å². The third-order valence-corrected chi connectivity index (χ3v) is 3.40. The molecule has 4 aromatic heterocycles. The lowest BCUT2D eigenvalue weighted by atomic mass is 10.2. The molecular formula is C16H8F6N6O4. The van der Waals surface area contributed by atoms with E-state index in [1.807, 2.05) is 0 Å². The van der Waals surface area contributed by atoms with Gasteiger partial charge in [-0.3, -0.25) is 9.59 Å². The van der Waals surface area contributed by atoms with Gasteiger partial charge in [-0.15, -0.1) is 0 Å². The fourth-order valence-electron chi connectivity index (χ4n) is 2.08. The lowest BCUT2D eigenvalue weighted by molar-refractivity contribution is -0.160. The third-order valence-electron chi connectivity index (χ3n) is 3.40. The van der Waals surface area contributed by atoms with Crippen molar-refractivity contribution in [1.29, 1.82) is 0 Å². The zero-order chi connectivity index (χ0) is 23.5. The Bertz CT molecular complexity index is 1220. The first-order valence-corrected chi connectivity index (χ1v) is 8.13. The first-order chi connectivity index (χ1) is 14.9. The van der Waals surface area contributed by atoms with Crippen molar-refractivity contribution in [2.24, 2.45) is 0 Å². The molecule has 0 aliphatic rings. The molecule has 168 valence electrons. The Balaban J connectivity index is 0.000000181. The molecule has 0 spiro atoms. The molecule has 0 bridgehead atoms. The molecule has 0 saturated heterocycles. The number of aromatic nitrogens is 6. The van der Waals surface area contributed by atoms with E-state index in [4.69, 9.17) is 0 Å². The monoisotopic (exact) mass is 462 g/mol. The molecular weight excluding hydrogens is 454 g/mol. The van der Waals surface area contributed by atoms with Gasteiger partial charge in [-0.2, -0.15) is 36.3 Å². The Labute approximate surface area is 170 Å². The van der Waals surface area contributed by atoms with Crippen LogP contribution in [0.4, 0.5) is 26.3 Å². The Morgan fingerprint density at radius 2 is 1.06 bits per heavy atom. The second kappa shape index (κ2) is 8.48. The number of H-pyrrole nitrogens is 2. The van der Waals surface area contributed by atoms with Gasteiger partial charge >= 0.3 is 24.1 Å². The lowest BCUT2D eigenvalue weighted by Gasteiger charge is -1.96. The van der Waals surface area contributed by atoms with E-state index in [1.165, 1.54) is 24.5 Å². The maximum atomic E-state index is 12.1. The van der Waals surface area contributed by atoms with Crippen LogP contribution >= 0.6 is 0 Å². The lowest BCUT2D eigenvalue weighted by Crippen LogP contribution is -2.05. The summed E-state index contributed by atoms with van der Waals surface area (Å²) in [6.45, 7) is 0. The fourth-order valence-corrected chi connectivity index (χ4v) is 2.08. The molecule has 0 unspecified atom stereocenters. The number of hydrogen-bond acceptors (Lipinski definition) is 8. The summed E-state index contributed by atoms with van der Waals surface area (Å²) >= 11 is 0. The predicted octanol–water partition coefficient (Wildman–Crippen LogP) is 2.89. The number of nitrogens with zero attached hydrogens (tertiary/aromatic N) is 4. The maximum Gasteiger partial charge on any atom is 0.471 e. The molecule has 0 atom stereocenters. The molecule has 0 aromatic carbocycles. The van der Waals surface area contributed by atoms with Crippen LogP contribution in [0.2, 0.25) is 0 Å². The van der Waals surface area contributed by atoms with E-state index >= 15 is 0 Å². The zero-order valence-electron chi connectivity index (χ0n) is 15.2. The van der Waals surface area contributed by atoms with Crippen LogP contribution in [0.15, 0.2) is 55.3 Å². The van der Waals surface area contributed by atoms with Crippen LogP contribution < -0.4 is 11.1 Å². The van der Waals surface area contributed by atoms with Crippen molar-refractivity contribution in [3.63, 3.8) is 0 Å². The van der Waals surface area contributed by atoms with Crippen LogP contribution in [-0.4, -0.2) is 30.2 Å². The number of aromatic amines is 2. The molecule has 16 heteroatoms. The molecule has 32 heavy (non-hydrogen) atoms. The van der Waals surface area contributed by atoms with Gasteiger partial charge in [0.1, 0.15) is 0 Å². The summed E-state index contributed by atoms with van der Waals surface area (Å²) in [5.74, 6) is -3.44. The first-order valence-electron chi connectivity index (χ1n) is 8.13. The van der Waals surface area contributed by atoms with Gasteiger partial charge in [-0.05, 0) is 12.1 Å². The smallest absolute Gasteiger partial charge is 0.329 e.